The number of nitrogens with one attached hydrogen (secondary N) is 1. The lowest BCUT2D eigenvalue weighted by Crippen LogP contribution is -2.28. The maximum Gasteiger partial charge on any atom is 0.331 e. The van der Waals surface area contributed by atoms with Crippen molar-refractivity contribution < 1.29 is 19.1 Å². The first-order valence-electron chi connectivity index (χ1n) is 5.84. The van der Waals surface area contributed by atoms with Crippen LogP contribution in [0.25, 0.3) is 6.08 Å². The molecule has 1 aromatic rings. The van der Waals surface area contributed by atoms with Crippen LogP contribution < -0.4 is 10.1 Å². The van der Waals surface area contributed by atoms with E-state index < -0.39 is 11.9 Å². The number of methoxy groups -OCH3 is 1. The highest BCUT2D eigenvalue weighted by Gasteiger charge is 2.03. The van der Waals surface area contributed by atoms with Crippen LogP contribution in [-0.4, -0.2) is 32.1 Å². The summed E-state index contributed by atoms with van der Waals surface area (Å²) in [6, 6.07) is 7.18. The van der Waals surface area contributed by atoms with Crippen molar-refractivity contribution >= 4 is 18.0 Å². The largest absolute Gasteiger partial charge is 0.497 e. The average Bonchev–Trinajstić information content (AvgIpc) is 2.49. The number of esters is 1. The second-order valence-electron chi connectivity index (χ2n) is 3.70. The molecule has 0 aliphatic rings. The van der Waals surface area contributed by atoms with Gasteiger partial charge >= 0.3 is 5.97 Å². The van der Waals surface area contributed by atoms with Crippen LogP contribution in [0.4, 0.5) is 0 Å². The molecule has 5 heteroatoms. The standard InChI is InChI=1S/C15H15NO4/c1-3-9-16-14(17)11-20-15(18)8-7-12-5-4-6-13(10-12)19-2/h1,4-8,10H,9,11H2,2H3,(H,16,17)/b8-7+. The van der Waals surface area contributed by atoms with Crippen molar-refractivity contribution in [3.63, 3.8) is 0 Å². The first kappa shape index (κ1) is 15.3. The fourth-order valence-corrected chi connectivity index (χ4v) is 1.29. The predicted octanol–water partition coefficient (Wildman–Crippen LogP) is 1.00. The number of benzene rings is 1. The summed E-state index contributed by atoms with van der Waals surface area (Å²) in [5, 5.41) is 2.38. The van der Waals surface area contributed by atoms with E-state index in [0.717, 1.165) is 5.56 Å². The van der Waals surface area contributed by atoms with Crippen LogP contribution in [0.1, 0.15) is 5.56 Å². The van der Waals surface area contributed by atoms with Gasteiger partial charge in [-0.3, -0.25) is 4.79 Å². The van der Waals surface area contributed by atoms with Crippen molar-refractivity contribution in [2.24, 2.45) is 0 Å². The summed E-state index contributed by atoms with van der Waals surface area (Å²) in [6.07, 6.45) is 7.79. The van der Waals surface area contributed by atoms with Crippen molar-refractivity contribution in [2.75, 3.05) is 20.3 Å². The predicted molar refractivity (Wildman–Crippen MR) is 74.8 cm³/mol. The zero-order valence-electron chi connectivity index (χ0n) is 11.1. The maximum atomic E-state index is 11.4. The zero-order chi connectivity index (χ0) is 14.8. The third-order valence-electron chi connectivity index (χ3n) is 2.24. The van der Waals surface area contributed by atoms with Crippen LogP contribution in [0.5, 0.6) is 5.75 Å². The van der Waals surface area contributed by atoms with Gasteiger partial charge in [-0.1, -0.05) is 18.1 Å². The molecule has 20 heavy (non-hydrogen) atoms. The molecule has 0 heterocycles. The van der Waals surface area contributed by atoms with Gasteiger partial charge in [0.05, 0.1) is 13.7 Å². The molecule has 0 aliphatic carbocycles. The van der Waals surface area contributed by atoms with Gasteiger partial charge in [-0.2, -0.15) is 0 Å². The molecule has 1 N–H and O–H groups in total. The molecule has 0 aromatic heterocycles. The van der Waals surface area contributed by atoms with Gasteiger partial charge in [0, 0.05) is 6.08 Å². The lowest BCUT2D eigenvalue weighted by atomic mass is 10.2. The van der Waals surface area contributed by atoms with Gasteiger partial charge in [-0.05, 0) is 23.8 Å². The molecule has 0 atom stereocenters. The van der Waals surface area contributed by atoms with Gasteiger partial charge in [0.2, 0.25) is 0 Å². The molecule has 5 nitrogen and oxygen atoms in total. The molecule has 0 saturated carbocycles. The molecule has 1 amide bonds. The summed E-state index contributed by atoms with van der Waals surface area (Å²) < 4.78 is 9.80. The molecule has 0 radical (unpaired) electrons. The second kappa shape index (κ2) is 8.38. The van der Waals surface area contributed by atoms with Crippen LogP contribution in [-0.2, 0) is 14.3 Å². The maximum absolute atomic E-state index is 11.4. The van der Waals surface area contributed by atoms with Crippen molar-refractivity contribution in [1.29, 1.82) is 0 Å². The summed E-state index contributed by atoms with van der Waals surface area (Å²) >= 11 is 0. The Morgan fingerprint density at radius 2 is 2.25 bits per heavy atom. The van der Waals surface area contributed by atoms with E-state index in [4.69, 9.17) is 15.9 Å². The number of terminal acetylenes is 1. The Bertz CT molecular complexity index is 543. The summed E-state index contributed by atoms with van der Waals surface area (Å²) in [5.41, 5.74) is 0.790. The van der Waals surface area contributed by atoms with E-state index in [0.29, 0.717) is 5.75 Å². The van der Waals surface area contributed by atoms with Crippen LogP contribution >= 0.6 is 0 Å². The first-order valence-corrected chi connectivity index (χ1v) is 5.84. The topological polar surface area (TPSA) is 64.6 Å². The minimum absolute atomic E-state index is 0.107. The lowest BCUT2D eigenvalue weighted by molar-refractivity contribution is -0.143. The van der Waals surface area contributed by atoms with Crippen molar-refractivity contribution in [2.45, 2.75) is 0 Å². The van der Waals surface area contributed by atoms with Gasteiger partial charge in [0.1, 0.15) is 5.75 Å². The highest BCUT2D eigenvalue weighted by atomic mass is 16.5. The minimum Gasteiger partial charge on any atom is -0.497 e. The van der Waals surface area contributed by atoms with E-state index in [9.17, 15) is 9.59 Å². The van der Waals surface area contributed by atoms with E-state index in [1.54, 1.807) is 31.4 Å². The van der Waals surface area contributed by atoms with E-state index in [-0.39, 0.29) is 13.2 Å². The molecule has 0 saturated heterocycles. The average molecular weight is 273 g/mol. The summed E-state index contributed by atoms with van der Waals surface area (Å²) in [6.45, 7) is -0.251. The van der Waals surface area contributed by atoms with Crippen LogP contribution in [0.15, 0.2) is 30.3 Å². The molecule has 0 bridgehead atoms. The van der Waals surface area contributed by atoms with Crippen molar-refractivity contribution in [1.82, 2.24) is 5.32 Å². The Morgan fingerprint density at radius 1 is 1.45 bits per heavy atom. The van der Waals surface area contributed by atoms with Gasteiger partial charge < -0.3 is 14.8 Å². The number of ether oxygens (including phenoxy) is 2. The van der Waals surface area contributed by atoms with Gasteiger partial charge in [0.25, 0.3) is 5.91 Å². The second-order valence-corrected chi connectivity index (χ2v) is 3.70. The number of rotatable bonds is 6. The van der Waals surface area contributed by atoms with E-state index in [1.165, 1.54) is 6.08 Å². The molecular weight excluding hydrogens is 258 g/mol. The van der Waals surface area contributed by atoms with Gasteiger partial charge in [-0.15, -0.1) is 6.42 Å². The third kappa shape index (κ3) is 5.74. The number of carbonyl (C=O) groups excluding carboxylic acids is 2. The zero-order valence-corrected chi connectivity index (χ0v) is 11.1. The third-order valence-corrected chi connectivity index (χ3v) is 2.24. The van der Waals surface area contributed by atoms with E-state index >= 15 is 0 Å². The molecule has 0 fully saturated rings. The fraction of sp³-hybridized carbons (Fsp3) is 0.200. The molecule has 1 aromatic carbocycles. The van der Waals surface area contributed by atoms with Gasteiger partial charge in [0.15, 0.2) is 6.61 Å². The smallest absolute Gasteiger partial charge is 0.331 e. The Balaban J connectivity index is 2.43. The molecule has 0 aliphatic heterocycles. The van der Waals surface area contributed by atoms with Crippen LogP contribution in [0.2, 0.25) is 0 Å². The highest BCUT2D eigenvalue weighted by molar-refractivity contribution is 5.89. The Labute approximate surface area is 117 Å². The molecule has 0 spiro atoms. The minimum atomic E-state index is -0.608. The van der Waals surface area contributed by atoms with E-state index in [1.807, 2.05) is 6.07 Å². The molecule has 104 valence electrons. The molecule has 0 unspecified atom stereocenters. The number of carbonyl (C=O) groups is 2. The normalized spacial score (nSPS) is 9.80. The van der Waals surface area contributed by atoms with Crippen LogP contribution in [0, 0.1) is 12.3 Å². The van der Waals surface area contributed by atoms with Crippen molar-refractivity contribution in [3.05, 3.63) is 35.9 Å². The number of amides is 1. The summed E-state index contributed by atoms with van der Waals surface area (Å²) in [4.78, 5) is 22.5. The molecule has 1 rings (SSSR count). The van der Waals surface area contributed by atoms with Crippen LogP contribution in [0.3, 0.4) is 0 Å². The monoisotopic (exact) mass is 273 g/mol. The molecular formula is C15H15NO4. The van der Waals surface area contributed by atoms with Crippen molar-refractivity contribution in [3.8, 4) is 18.1 Å². The Morgan fingerprint density at radius 3 is 2.95 bits per heavy atom. The summed E-state index contributed by atoms with van der Waals surface area (Å²) in [5.74, 6) is 1.89. The first-order chi connectivity index (χ1) is 9.65. The van der Waals surface area contributed by atoms with E-state index in [2.05, 4.69) is 11.2 Å². The Hall–Kier alpha value is -2.74. The Kier molecular flexibility index (Phi) is 6.42. The summed E-state index contributed by atoms with van der Waals surface area (Å²) in [7, 11) is 1.56. The fourth-order valence-electron chi connectivity index (χ4n) is 1.29. The lowest BCUT2D eigenvalue weighted by Gasteiger charge is -2.02. The highest BCUT2D eigenvalue weighted by Crippen LogP contribution is 2.13. The number of hydrogen-bond acceptors (Lipinski definition) is 4. The quantitative estimate of drug-likeness (QED) is 0.477. The van der Waals surface area contributed by atoms with Gasteiger partial charge in [-0.25, -0.2) is 4.79 Å². The number of hydrogen-bond donors (Lipinski definition) is 1. The SMILES string of the molecule is C#CCNC(=O)COC(=O)/C=C/c1cccc(OC)c1.